The Morgan fingerprint density at radius 2 is 1.86 bits per heavy atom. The van der Waals surface area contributed by atoms with Gasteiger partial charge in [-0.25, -0.2) is 4.39 Å². The van der Waals surface area contributed by atoms with E-state index in [2.05, 4.69) is 18.2 Å². The summed E-state index contributed by atoms with van der Waals surface area (Å²) < 4.78 is 14.3. The number of fused-ring (bicyclic) bond motifs is 1. The fourth-order valence-electron chi connectivity index (χ4n) is 3.53. The number of aryl methyl sites for hydroxylation is 3. The lowest BCUT2D eigenvalue weighted by molar-refractivity contribution is 0.0953. The van der Waals surface area contributed by atoms with E-state index < -0.39 is 6.10 Å². The van der Waals surface area contributed by atoms with Crippen molar-refractivity contribution in [3.63, 3.8) is 0 Å². The monoisotopic (exact) mass is 284 g/mol. The quantitative estimate of drug-likeness (QED) is 0.872. The van der Waals surface area contributed by atoms with Crippen molar-refractivity contribution in [3.05, 3.63) is 70.0 Å². The third-order valence-electron chi connectivity index (χ3n) is 4.61. The molecule has 1 nitrogen and oxygen atoms in total. The van der Waals surface area contributed by atoms with E-state index in [9.17, 15) is 9.50 Å². The van der Waals surface area contributed by atoms with Crippen LogP contribution in [0.4, 0.5) is 4.39 Å². The molecule has 110 valence electrons. The second kappa shape index (κ2) is 5.61. The summed E-state index contributed by atoms with van der Waals surface area (Å²) in [6.07, 6.45) is 1.97. The van der Waals surface area contributed by atoms with Gasteiger partial charge in [-0.2, -0.15) is 0 Å². The molecule has 0 heterocycles. The van der Waals surface area contributed by atoms with Gasteiger partial charge in [0, 0.05) is 5.56 Å². The first-order valence-corrected chi connectivity index (χ1v) is 7.57. The molecular weight excluding hydrogens is 263 g/mol. The van der Waals surface area contributed by atoms with Crippen molar-refractivity contribution in [2.45, 2.75) is 39.2 Å². The SMILES string of the molecule is Cc1cc(C)c(C(O)C2CCc3ccccc3C2)c(F)c1. The molecule has 1 aliphatic carbocycles. The molecule has 0 fully saturated rings. The molecule has 2 aromatic carbocycles. The van der Waals surface area contributed by atoms with Crippen LogP contribution >= 0.6 is 0 Å². The lowest BCUT2D eigenvalue weighted by Crippen LogP contribution is -2.22. The van der Waals surface area contributed by atoms with Gasteiger partial charge in [0.25, 0.3) is 0 Å². The minimum atomic E-state index is -0.723. The first kappa shape index (κ1) is 14.3. The van der Waals surface area contributed by atoms with Crippen LogP contribution in [0.5, 0.6) is 0 Å². The van der Waals surface area contributed by atoms with Crippen LogP contribution < -0.4 is 0 Å². The molecule has 21 heavy (non-hydrogen) atoms. The maximum absolute atomic E-state index is 14.3. The van der Waals surface area contributed by atoms with Gasteiger partial charge in [0.1, 0.15) is 5.82 Å². The summed E-state index contributed by atoms with van der Waals surface area (Å²) in [5.41, 5.74) is 4.87. The van der Waals surface area contributed by atoms with Gasteiger partial charge in [0.05, 0.1) is 6.10 Å². The number of hydrogen-bond acceptors (Lipinski definition) is 1. The highest BCUT2D eigenvalue weighted by molar-refractivity contribution is 5.35. The molecule has 0 radical (unpaired) electrons. The van der Waals surface area contributed by atoms with Crippen LogP contribution in [0.1, 0.15) is 40.3 Å². The molecule has 0 saturated heterocycles. The van der Waals surface area contributed by atoms with Crippen LogP contribution in [0.25, 0.3) is 0 Å². The van der Waals surface area contributed by atoms with Crippen molar-refractivity contribution in [2.24, 2.45) is 5.92 Å². The zero-order chi connectivity index (χ0) is 15.0. The van der Waals surface area contributed by atoms with Gasteiger partial charge in [-0.05, 0) is 67.3 Å². The highest BCUT2D eigenvalue weighted by Gasteiger charge is 2.28. The van der Waals surface area contributed by atoms with E-state index in [1.165, 1.54) is 17.2 Å². The molecular formula is C19H21FO. The zero-order valence-corrected chi connectivity index (χ0v) is 12.6. The third kappa shape index (κ3) is 2.73. The molecule has 0 aromatic heterocycles. The Morgan fingerprint density at radius 3 is 2.57 bits per heavy atom. The molecule has 2 atom stereocenters. The lowest BCUT2D eigenvalue weighted by atomic mass is 9.78. The molecule has 1 aliphatic rings. The van der Waals surface area contributed by atoms with Gasteiger partial charge in [0.15, 0.2) is 0 Å². The largest absolute Gasteiger partial charge is 0.388 e. The maximum atomic E-state index is 14.3. The van der Waals surface area contributed by atoms with E-state index in [4.69, 9.17) is 0 Å². The number of benzene rings is 2. The Balaban J connectivity index is 1.89. The Labute approximate surface area is 125 Å². The van der Waals surface area contributed by atoms with E-state index >= 15 is 0 Å². The highest BCUT2D eigenvalue weighted by Crippen LogP contribution is 2.36. The normalized spacial score (nSPS) is 19.1. The zero-order valence-electron chi connectivity index (χ0n) is 12.6. The van der Waals surface area contributed by atoms with E-state index in [0.717, 1.165) is 30.4 Å². The first-order valence-electron chi connectivity index (χ1n) is 7.57. The molecule has 0 amide bonds. The second-order valence-electron chi connectivity index (χ2n) is 6.19. The average Bonchev–Trinajstić information content (AvgIpc) is 2.45. The van der Waals surface area contributed by atoms with E-state index in [-0.39, 0.29) is 11.7 Å². The molecule has 0 spiro atoms. The van der Waals surface area contributed by atoms with Crippen molar-refractivity contribution < 1.29 is 9.50 Å². The molecule has 0 saturated carbocycles. The summed E-state index contributed by atoms with van der Waals surface area (Å²) in [6, 6.07) is 11.8. The van der Waals surface area contributed by atoms with Crippen LogP contribution in [0.2, 0.25) is 0 Å². The number of hydrogen-bond donors (Lipinski definition) is 1. The van der Waals surface area contributed by atoms with Crippen LogP contribution in [0.15, 0.2) is 36.4 Å². The summed E-state index contributed by atoms with van der Waals surface area (Å²) >= 11 is 0. The van der Waals surface area contributed by atoms with Crippen molar-refractivity contribution in [2.75, 3.05) is 0 Å². The Hall–Kier alpha value is -1.67. The number of aliphatic hydroxyl groups is 1. The molecule has 0 bridgehead atoms. The van der Waals surface area contributed by atoms with Crippen LogP contribution in [0, 0.1) is 25.6 Å². The van der Waals surface area contributed by atoms with Crippen LogP contribution in [-0.2, 0) is 12.8 Å². The van der Waals surface area contributed by atoms with E-state index in [1.54, 1.807) is 0 Å². The molecule has 3 rings (SSSR count). The Bertz CT molecular complexity index is 639. The number of halogens is 1. The van der Waals surface area contributed by atoms with Gasteiger partial charge in [-0.3, -0.25) is 0 Å². The predicted octanol–water partition coefficient (Wildman–Crippen LogP) is 4.28. The summed E-state index contributed by atoms with van der Waals surface area (Å²) in [7, 11) is 0. The topological polar surface area (TPSA) is 20.2 Å². The fourth-order valence-corrected chi connectivity index (χ4v) is 3.53. The lowest BCUT2D eigenvalue weighted by Gasteiger charge is -2.29. The maximum Gasteiger partial charge on any atom is 0.129 e. The minimum Gasteiger partial charge on any atom is -0.388 e. The number of aliphatic hydroxyl groups excluding tert-OH is 1. The minimum absolute atomic E-state index is 0.0933. The van der Waals surface area contributed by atoms with E-state index in [1.807, 2.05) is 26.0 Å². The second-order valence-corrected chi connectivity index (χ2v) is 6.19. The molecule has 1 N–H and O–H groups in total. The van der Waals surface area contributed by atoms with Gasteiger partial charge in [-0.1, -0.05) is 30.3 Å². The fraction of sp³-hybridized carbons (Fsp3) is 0.368. The average molecular weight is 284 g/mol. The highest BCUT2D eigenvalue weighted by atomic mass is 19.1. The molecule has 2 unspecified atom stereocenters. The summed E-state index contributed by atoms with van der Waals surface area (Å²) in [5.74, 6) is -0.185. The molecule has 2 aromatic rings. The molecule has 0 aliphatic heterocycles. The van der Waals surface area contributed by atoms with Gasteiger partial charge in [-0.15, -0.1) is 0 Å². The van der Waals surface area contributed by atoms with Crippen molar-refractivity contribution >= 4 is 0 Å². The Morgan fingerprint density at radius 1 is 1.14 bits per heavy atom. The third-order valence-corrected chi connectivity index (χ3v) is 4.61. The van der Waals surface area contributed by atoms with Gasteiger partial charge < -0.3 is 5.11 Å². The first-order chi connectivity index (χ1) is 10.1. The van der Waals surface area contributed by atoms with Gasteiger partial charge >= 0.3 is 0 Å². The number of rotatable bonds is 2. The molecule has 2 heteroatoms. The van der Waals surface area contributed by atoms with Crippen LogP contribution in [-0.4, -0.2) is 5.11 Å². The predicted molar refractivity (Wildman–Crippen MR) is 82.8 cm³/mol. The standard InChI is InChI=1S/C19H21FO/c1-12-9-13(2)18(17(20)10-12)19(21)16-8-7-14-5-3-4-6-15(14)11-16/h3-6,9-10,16,19,21H,7-8,11H2,1-2H3. The van der Waals surface area contributed by atoms with E-state index in [0.29, 0.717) is 5.56 Å². The van der Waals surface area contributed by atoms with Crippen molar-refractivity contribution in [1.29, 1.82) is 0 Å². The van der Waals surface area contributed by atoms with Crippen molar-refractivity contribution in [1.82, 2.24) is 0 Å². The van der Waals surface area contributed by atoms with Crippen molar-refractivity contribution in [3.8, 4) is 0 Å². The smallest absolute Gasteiger partial charge is 0.129 e. The summed E-state index contributed by atoms with van der Waals surface area (Å²) in [6.45, 7) is 3.76. The van der Waals surface area contributed by atoms with Gasteiger partial charge in [0.2, 0.25) is 0 Å². The Kier molecular flexibility index (Phi) is 3.81. The summed E-state index contributed by atoms with van der Waals surface area (Å²) in [5, 5.41) is 10.7. The van der Waals surface area contributed by atoms with Crippen LogP contribution in [0.3, 0.4) is 0 Å². The summed E-state index contributed by atoms with van der Waals surface area (Å²) in [4.78, 5) is 0.